The van der Waals surface area contributed by atoms with Crippen molar-refractivity contribution in [3.63, 3.8) is 0 Å². The molecule has 0 aliphatic carbocycles. The van der Waals surface area contributed by atoms with Crippen molar-refractivity contribution in [2.45, 2.75) is 99.8 Å². The molecule has 5 nitrogen and oxygen atoms in total. The van der Waals surface area contributed by atoms with Gasteiger partial charge in [-0.3, -0.25) is 0 Å². The van der Waals surface area contributed by atoms with Gasteiger partial charge in [-0.25, -0.2) is 0 Å². The van der Waals surface area contributed by atoms with Crippen LogP contribution in [0.15, 0.2) is 0 Å². The molecule has 0 unspecified atom stereocenters. The molecule has 0 saturated carbocycles. The second-order valence-corrected chi connectivity index (χ2v) is 5.24. The molecule has 0 saturated heterocycles. The van der Waals surface area contributed by atoms with Gasteiger partial charge in [0.15, 0.2) is 0 Å². The summed E-state index contributed by atoms with van der Waals surface area (Å²) in [6.07, 6.45) is -2.08. The second-order valence-electron chi connectivity index (χ2n) is 5.24. The Morgan fingerprint density at radius 3 is 0.333 bits per heavy atom. The summed E-state index contributed by atoms with van der Waals surface area (Å²) in [4.78, 5) is 0. The summed E-state index contributed by atoms with van der Waals surface area (Å²) in [7, 11) is 0. The van der Waals surface area contributed by atoms with Gasteiger partial charge in [0.2, 0.25) is 0 Å². The van der Waals surface area contributed by atoms with Gasteiger partial charge in [-0.15, -0.1) is 30.5 Å². The molecule has 0 rings (SSSR count). The van der Waals surface area contributed by atoms with Crippen molar-refractivity contribution in [1.82, 2.24) is 0 Å². The third-order valence-corrected chi connectivity index (χ3v) is 0. The summed E-state index contributed by atoms with van der Waals surface area (Å²) in [5.74, 6) is 0. The van der Waals surface area contributed by atoms with Crippen LogP contribution >= 0.6 is 0 Å². The van der Waals surface area contributed by atoms with E-state index in [9.17, 15) is 25.5 Å². The predicted molar refractivity (Wildman–Crippen MR) is 75.7 cm³/mol. The molecule has 0 fully saturated rings. The molecule has 0 aromatic carbocycles. The van der Waals surface area contributed by atoms with Crippen LogP contribution in [0.5, 0.6) is 0 Å². The van der Waals surface area contributed by atoms with Crippen LogP contribution in [0, 0.1) is 0 Å². The monoisotopic (exact) mass is 346 g/mol. The smallest absolute Gasteiger partial charge is 0 e. The summed E-state index contributed by atoms with van der Waals surface area (Å²) in [5.41, 5.74) is 0. The normalized spacial score (nSPS) is 8.57. The first kappa shape index (κ1) is 37.5. The molecule has 0 N–H and O–H groups in total. The van der Waals surface area contributed by atoms with E-state index in [1.165, 1.54) is 0 Å². The maximum Gasteiger partial charge on any atom is 0 e. The zero-order valence-electron chi connectivity index (χ0n) is 15.4. The molecule has 0 aliphatic heterocycles. The molecule has 0 amide bonds. The minimum absolute atomic E-state index is 0. The molecule has 0 aliphatic rings. The first-order valence-electron chi connectivity index (χ1n) is 6.95. The van der Waals surface area contributed by atoms with E-state index in [1.807, 2.05) is 0 Å². The first-order chi connectivity index (χ1) is 8.66. The third-order valence-electron chi connectivity index (χ3n) is 0. The van der Waals surface area contributed by atoms with Gasteiger partial charge in [-0.05, 0) is 0 Å². The topological polar surface area (TPSA) is 115 Å². The van der Waals surface area contributed by atoms with Crippen LogP contribution in [0.3, 0.4) is 0 Å². The van der Waals surface area contributed by atoms with Crippen molar-refractivity contribution in [3.8, 4) is 0 Å². The van der Waals surface area contributed by atoms with Crippen molar-refractivity contribution in [3.05, 3.63) is 0 Å². The zero-order valence-corrected chi connectivity index (χ0v) is 16.8. The van der Waals surface area contributed by atoms with E-state index in [0.29, 0.717) is 0 Å². The standard InChI is InChI=1S/5C3H7O.V/c5*1-3(2)4;/h5*3H,1-2H3;/q5*-1;. The molecule has 0 heterocycles. The van der Waals surface area contributed by atoms with E-state index in [4.69, 9.17) is 0 Å². The molecular weight excluding hydrogens is 311 g/mol. The van der Waals surface area contributed by atoms with E-state index in [1.54, 1.807) is 69.2 Å². The molecular formula is C15H35O5V-5. The van der Waals surface area contributed by atoms with Gasteiger partial charge < -0.3 is 25.5 Å². The van der Waals surface area contributed by atoms with Crippen LogP contribution < -0.4 is 25.5 Å². The van der Waals surface area contributed by atoms with Crippen LogP contribution in [0.2, 0.25) is 0 Å². The van der Waals surface area contributed by atoms with E-state index in [2.05, 4.69) is 0 Å². The van der Waals surface area contributed by atoms with Gasteiger partial charge in [0.25, 0.3) is 0 Å². The van der Waals surface area contributed by atoms with Crippen LogP contribution in [0.4, 0.5) is 0 Å². The van der Waals surface area contributed by atoms with E-state index in [0.717, 1.165) is 0 Å². The minimum atomic E-state index is -0.417. The maximum atomic E-state index is 9.53. The Bertz CT molecular complexity index is 80.6. The zero-order chi connectivity index (χ0) is 17.9. The molecule has 0 spiro atoms. The van der Waals surface area contributed by atoms with Gasteiger partial charge in [-0.1, -0.05) is 69.2 Å². The quantitative estimate of drug-likeness (QED) is 0.545. The van der Waals surface area contributed by atoms with Crippen molar-refractivity contribution in [2.75, 3.05) is 0 Å². The average Bonchev–Trinajstić information content (AvgIpc) is 1.94. The first-order valence-corrected chi connectivity index (χ1v) is 6.95. The molecule has 21 heavy (non-hydrogen) atoms. The van der Waals surface area contributed by atoms with Gasteiger partial charge in [0.1, 0.15) is 0 Å². The van der Waals surface area contributed by atoms with Gasteiger partial charge in [0.05, 0.1) is 0 Å². The van der Waals surface area contributed by atoms with Crippen LogP contribution in [0.1, 0.15) is 69.2 Å². The third kappa shape index (κ3) is 46600. The number of rotatable bonds is 0. The minimum Gasteiger partial charge on any atom is -0.852 e. The molecule has 0 aromatic heterocycles. The van der Waals surface area contributed by atoms with Crippen molar-refractivity contribution >= 4 is 0 Å². The molecule has 1 radical (unpaired) electrons. The molecule has 0 bridgehead atoms. The van der Waals surface area contributed by atoms with Crippen LogP contribution in [-0.4, -0.2) is 30.5 Å². The predicted octanol–water partition coefficient (Wildman–Crippen LogP) is -1.23. The Labute approximate surface area is 144 Å². The van der Waals surface area contributed by atoms with Crippen LogP contribution in [0.25, 0.3) is 0 Å². The van der Waals surface area contributed by atoms with Crippen molar-refractivity contribution < 1.29 is 44.1 Å². The Hall–Kier alpha value is 0.384. The summed E-state index contributed by atoms with van der Waals surface area (Å²) in [6.45, 7) is 16.1. The number of hydrogen-bond donors (Lipinski definition) is 0. The van der Waals surface area contributed by atoms with Crippen LogP contribution in [-0.2, 0) is 18.6 Å². The summed E-state index contributed by atoms with van der Waals surface area (Å²) in [5, 5.41) is 47.6. The maximum absolute atomic E-state index is 9.53. The average molecular weight is 346 g/mol. The fraction of sp³-hybridized carbons (Fsp3) is 1.00. The SMILES string of the molecule is CC(C)[O-].CC(C)[O-].CC(C)[O-].CC(C)[O-].CC(C)[O-].[V]. The van der Waals surface area contributed by atoms with Crippen molar-refractivity contribution in [2.24, 2.45) is 0 Å². The van der Waals surface area contributed by atoms with Crippen molar-refractivity contribution in [1.29, 1.82) is 0 Å². The Morgan fingerprint density at radius 2 is 0.333 bits per heavy atom. The fourth-order valence-electron chi connectivity index (χ4n) is 0. The Kier molecular flexibility index (Phi) is 57.9. The van der Waals surface area contributed by atoms with E-state index < -0.39 is 30.5 Å². The van der Waals surface area contributed by atoms with E-state index >= 15 is 0 Å². The molecule has 6 heteroatoms. The van der Waals surface area contributed by atoms with Gasteiger partial charge in [0, 0.05) is 18.6 Å². The number of hydrogen-bond acceptors (Lipinski definition) is 5. The fourth-order valence-corrected chi connectivity index (χ4v) is 0. The Balaban J connectivity index is -0.0000000331. The Morgan fingerprint density at radius 1 is 0.333 bits per heavy atom. The van der Waals surface area contributed by atoms with Gasteiger partial charge >= 0.3 is 0 Å². The molecule has 0 aromatic rings. The largest absolute Gasteiger partial charge is 0.852 e. The molecule has 135 valence electrons. The summed E-state index contributed by atoms with van der Waals surface area (Å²) < 4.78 is 0. The summed E-state index contributed by atoms with van der Waals surface area (Å²) >= 11 is 0. The second kappa shape index (κ2) is 32.4. The van der Waals surface area contributed by atoms with Gasteiger partial charge in [-0.2, -0.15) is 0 Å². The van der Waals surface area contributed by atoms with E-state index in [-0.39, 0.29) is 18.6 Å². The summed E-state index contributed by atoms with van der Waals surface area (Å²) in [6, 6.07) is 0. The molecule has 0 atom stereocenters.